The summed E-state index contributed by atoms with van der Waals surface area (Å²) < 4.78 is 34.1. The predicted molar refractivity (Wildman–Crippen MR) is 122 cm³/mol. The molecule has 1 aliphatic rings. The molecule has 1 saturated heterocycles. The van der Waals surface area contributed by atoms with Crippen molar-refractivity contribution < 1.29 is 17.9 Å². The van der Waals surface area contributed by atoms with Crippen molar-refractivity contribution in [3.8, 4) is 5.75 Å². The summed E-state index contributed by atoms with van der Waals surface area (Å²) in [6, 6.07) is 13.1. The van der Waals surface area contributed by atoms with E-state index in [9.17, 15) is 13.2 Å². The number of amides is 1. The number of hydrogen-bond donors (Lipinski definition) is 1. The van der Waals surface area contributed by atoms with Gasteiger partial charge in [0.15, 0.2) is 6.61 Å². The summed E-state index contributed by atoms with van der Waals surface area (Å²) in [6.45, 7) is 6.83. The van der Waals surface area contributed by atoms with E-state index in [0.717, 1.165) is 24.0 Å². The normalized spacial score (nSPS) is 15.1. The quantitative estimate of drug-likeness (QED) is 0.675. The van der Waals surface area contributed by atoms with Gasteiger partial charge in [-0.25, -0.2) is 13.1 Å². The second kappa shape index (κ2) is 10.3. The zero-order valence-corrected chi connectivity index (χ0v) is 19.4. The Balaban J connectivity index is 1.48. The van der Waals surface area contributed by atoms with E-state index in [2.05, 4.69) is 11.6 Å². The lowest BCUT2D eigenvalue weighted by Gasteiger charge is -2.32. The lowest BCUT2D eigenvalue weighted by atomic mass is 10.1. The molecular formula is C24H32N2O4S. The fourth-order valence-electron chi connectivity index (χ4n) is 3.80. The van der Waals surface area contributed by atoms with Crippen molar-refractivity contribution in [2.24, 2.45) is 0 Å². The summed E-state index contributed by atoms with van der Waals surface area (Å²) in [5.41, 5.74) is 2.89. The first kappa shape index (κ1) is 23.3. The van der Waals surface area contributed by atoms with Crippen LogP contribution in [0.25, 0.3) is 0 Å². The number of aryl methyl sites for hydroxylation is 3. The van der Waals surface area contributed by atoms with Crippen LogP contribution in [0.1, 0.15) is 42.9 Å². The number of benzene rings is 2. The number of rotatable bonds is 8. The second-order valence-electron chi connectivity index (χ2n) is 8.23. The van der Waals surface area contributed by atoms with Gasteiger partial charge in [-0.2, -0.15) is 0 Å². The van der Waals surface area contributed by atoms with Crippen LogP contribution >= 0.6 is 0 Å². The smallest absolute Gasteiger partial charge is 0.260 e. The molecule has 0 bridgehead atoms. The van der Waals surface area contributed by atoms with Crippen LogP contribution in [-0.2, 0) is 21.2 Å². The molecule has 3 rings (SSSR count). The molecule has 1 amide bonds. The maximum absolute atomic E-state index is 12.8. The number of likely N-dealkylation sites (tertiary alicyclic amines) is 1. The van der Waals surface area contributed by atoms with Crippen LogP contribution in [0.15, 0.2) is 47.4 Å². The highest BCUT2D eigenvalue weighted by molar-refractivity contribution is 7.89. The third-order valence-electron chi connectivity index (χ3n) is 5.63. The highest BCUT2D eigenvalue weighted by Gasteiger charge is 2.27. The van der Waals surface area contributed by atoms with Crippen molar-refractivity contribution in [2.75, 3.05) is 19.7 Å². The molecule has 31 heavy (non-hydrogen) atoms. The van der Waals surface area contributed by atoms with Crippen LogP contribution in [0.5, 0.6) is 5.75 Å². The Labute approximate surface area is 185 Å². The van der Waals surface area contributed by atoms with Crippen LogP contribution in [-0.4, -0.2) is 45.0 Å². The molecule has 0 radical (unpaired) electrons. The molecule has 168 valence electrons. The molecule has 0 aromatic heterocycles. The van der Waals surface area contributed by atoms with Crippen LogP contribution in [0.4, 0.5) is 0 Å². The SMILES string of the molecule is CCCc1ccc(OCC(=O)N2CCC(NS(=O)(=O)c3cc(C)ccc3C)CC2)cc1. The number of ether oxygens (including phenoxy) is 1. The number of carbonyl (C=O) groups is 1. The van der Waals surface area contributed by atoms with E-state index in [1.165, 1.54) is 5.56 Å². The van der Waals surface area contributed by atoms with Crippen molar-refractivity contribution in [3.63, 3.8) is 0 Å². The Morgan fingerprint density at radius 2 is 1.77 bits per heavy atom. The molecule has 2 aromatic rings. The van der Waals surface area contributed by atoms with Crippen molar-refractivity contribution in [1.29, 1.82) is 0 Å². The highest BCUT2D eigenvalue weighted by atomic mass is 32.2. The van der Waals surface area contributed by atoms with Crippen LogP contribution < -0.4 is 9.46 Å². The van der Waals surface area contributed by atoms with Gasteiger partial charge in [0.1, 0.15) is 5.75 Å². The van der Waals surface area contributed by atoms with E-state index >= 15 is 0 Å². The summed E-state index contributed by atoms with van der Waals surface area (Å²) >= 11 is 0. The number of nitrogens with zero attached hydrogens (tertiary/aromatic N) is 1. The highest BCUT2D eigenvalue weighted by Crippen LogP contribution is 2.20. The average molecular weight is 445 g/mol. The monoisotopic (exact) mass is 444 g/mol. The van der Waals surface area contributed by atoms with E-state index in [1.54, 1.807) is 17.9 Å². The number of sulfonamides is 1. The number of carbonyl (C=O) groups excluding carboxylic acids is 1. The molecule has 2 aromatic carbocycles. The van der Waals surface area contributed by atoms with E-state index in [0.29, 0.717) is 36.6 Å². The molecule has 1 fully saturated rings. The number of nitrogens with one attached hydrogen (secondary N) is 1. The van der Waals surface area contributed by atoms with E-state index in [1.807, 2.05) is 43.3 Å². The number of hydrogen-bond acceptors (Lipinski definition) is 4. The Kier molecular flexibility index (Phi) is 7.73. The number of piperidine rings is 1. The van der Waals surface area contributed by atoms with Gasteiger partial charge in [0.05, 0.1) is 4.90 Å². The van der Waals surface area contributed by atoms with Gasteiger partial charge < -0.3 is 9.64 Å². The first-order valence-corrected chi connectivity index (χ1v) is 12.4. The van der Waals surface area contributed by atoms with Crippen molar-refractivity contribution in [2.45, 2.75) is 57.4 Å². The molecule has 0 saturated carbocycles. The van der Waals surface area contributed by atoms with Gasteiger partial charge >= 0.3 is 0 Å². The van der Waals surface area contributed by atoms with Crippen molar-refractivity contribution >= 4 is 15.9 Å². The molecule has 1 N–H and O–H groups in total. The Hall–Kier alpha value is -2.38. The van der Waals surface area contributed by atoms with Gasteiger partial charge in [0.25, 0.3) is 5.91 Å². The molecule has 7 heteroatoms. The standard InChI is InChI=1S/C24H32N2O4S/c1-4-5-20-8-10-22(11-9-20)30-17-24(27)26-14-12-21(13-15-26)25-31(28,29)23-16-18(2)6-7-19(23)3/h6-11,16,21,25H,4-5,12-15,17H2,1-3H3. The van der Waals surface area contributed by atoms with E-state index < -0.39 is 10.0 Å². The fourth-order valence-corrected chi connectivity index (χ4v) is 5.44. The Morgan fingerprint density at radius 1 is 1.10 bits per heavy atom. The zero-order valence-electron chi connectivity index (χ0n) is 18.6. The summed E-state index contributed by atoms with van der Waals surface area (Å²) in [5, 5.41) is 0. The lowest BCUT2D eigenvalue weighted by Crippen LogP contribution is -2.47. The molecule has 0 aliphatic carbocycles. The minimum absolute atomic E-state index is 0.00793. The summed E-state index contributed by atoms with van der Waals surface area (Å²) in [6.07, 6.45) is 3.29. The van der Waals surface area contributed by atoms with Crippen molar-refractivity contribution in [3.05, 3.63) is 59.2 Å². The molecule has 0 atom stereocenters. The van der Waals surface area contributed by atoms with E-state index in [4.69, 9.17) is 4.74 Å². The predicted octanol–water partition coefficient (Wildman–Crippen LogP) is 3.60. The van der Waals surface area contributed by atoms with Gasteiger partial charge in [-0.05, 0) is 68.0 Å². The first-order chi connectivity index (χ1) is 14.8. The fraction of sp³-hybridized carbons (Fsp3) is 0.458. The molecule has 0 spiro atoms. The molecule has 1 aliphatic heterocycles. The maximum atomic E-state index is 12.8. The molecule has 0 unspecified atom stereocenters. The summed E-state index contributed by atoms with van der Waals surface area (Å²) in [5.74, 6) is 0.609. The summed E-state index contributed by atoms with van der Waals surface area (Å²) in [7, 11) is -3.58. The Morgan fingerprint density at radius 3 is 2.42 bits per heavy atom. The van der Waals surface area contributed by atoms with Crippen LogP contribution in [0, 0.1) is 13.8 Å². The largest absolute Gasteiger partial charge is 0.484 e. The van der Waals surface area contributed by atoms with Gasteiger partial charge in [-0.1, -0.05) is 37.6 Å². The molecule has 6 nitrogen and oxygen atoms in total. The second-order valence-corrected chi connectivity index (χ2v) is 9.91. The van der Waals surface area contributed by atoms with Gasteiger partial charge in [0, 0.05) is 19.1 Å². The van der Waals surface area contributed by atoms with Gasteiger partial charge in [-0.15, -0.1) is 0 Å². The zero-order chi connectivity index (χ0) is 22.4. The first-order valence-electron chi connectivity index (χ1n) is 10.9. The van der Waals surface area contributed by atoms with Gasteiger partial charge in [-0.3, -0.25) is 4.79 Å². The van der Waals surface area contributed by atoms with Crippen LogP contribution in [0.2, 0.25) is 0 Å². The Bertz CT molecular complexity index is 995. The summed E-state index contributed by atoms with van der Waals surface area (Å²) in [4.78, 5) is 14.6. The third kappa shape index (κ3) is 6.31. The minimum atomic E-state index is -3.58. The maximum Gasteiger partial charge on any atom is 0.260 e. The average Bonchev–Trinajstić information content (AvgIpc) is 2.75. The van der Waals surface area contributed by atoms with Gasteiger partial charge in [0.2, 0.25) is 10.0 Å². The van der Waals surface area contributed by atoms with Crippen molar-refractivity contribution in [1.82, 2.24) is 9.62 Å². The van der Waals surface area contributed by atoms with Crippen LogP contribution in [0.3, 0.4) is 0 Å². The van der Waals surface area contributed by atoms with E-state index in [-0.39, 0.29) is 18.6 Å². The minimum Gasteiger partial charge on any atom is -0.484 e. The lowest BCUT2D eigenvalue weighted by molar-refractivity contribution is -0.134. The topological polar surface area (TPSA) is 75.7 Å². The molecule has 1 heterocycles. The molecular weight excluding hydrogens is 412 g/mol. The third-order valence-corrected chi connectivity index (χ3v) is 7.29.